The average Bonchev–Trinajstić information content (AvgIpc) is 3.52. The number of nitrogens with zero attached hydrogens (tertiary/aromatic N) is 3. The molecule has 0 spiro atoms. The summed E-state index contributed by atoms with van der Waals surface area (Å²) in [6.07, 6.45) is 5.47. The van der Waals surface area contributed by atoms with E-state index in [0.29, 0.717) is 0 Å². The molecule has 269 valence electrons. The molecule has 4 heterocycles. The minimum atomic E-state index is -2.13. The van der Waals surface area contributed by atoms with Gasteiger partial charge >= 0.3 is 0 Å². The van der Waals surface area contributed by atoms with E-state index >= 15 is 0 Å². The average molecular weight is 885 g/mol. The first kappa shape index (κ1) is 32.4. The molecule has 0 fully saturated rings. The fourth-order valence-corrected chi connectivity index (χ4v) is 7.95. The molecule has 0 aliphatic carbocycles. The Labute approximate surface area is 331 Å². The van der Waals surface area contributed by atoms with E-state index in [4.69, 9.17) is 16.3 Å². The second-order valence-electron chi connectivity index (χ2n) is 15.0. The van der Waals surface area contributed by atoms with Gasteiger partial charge in [-0.2, -0.15) is 0 Å². The number of benzene rings is 3. The normalized spacial score (nSPS) is 13.9. The number of furan rings is 1. The molecule has 0 amide bonds. The van der Waals surface area contributed by atoms with Gasteiger partial charge in [-0.05, 0) is 46.1 Å². The summed E-state index contributed by atoms with van der Waals surface area (Å²) in [5.74, 6) is -1.41. The minimum Gasteiger partial charge on any atom is -0.500 e. The summed E-state index contributed by atoms with van der Waals surface area (Å²) in [4.78, 5) is 13.9. The number of aryl methyl sites for hydroxylation is 1. The maximum Gasteiger partial charge on any atom is 0.124 e. The van der Waals surface area contributed by atoms with Crippen LogP contribution in [0, 0.1) is 19.0 Å². The third kappa shape index (κ3) is 8.20. The summed E-state index contributed by atoms with van der Waals surface area (Å²) < 4.78 is 45.3. The van der Waals surface area contributed by atoms with E-state index in [9.17, 15) is 0 Å². The van der Waals surface area contributed by atoms with Gasteiger partial charge in [-0.1, -0.05) is 127 Å². The Balaban J connectivity index is 0.000000223. The van der Waals surface area contributed by atoms with Gasteiger partial charge in [0, 0.05) is 56.4 Å². The molecule has 3 aromatic carbocycles. The molecule has 7 rings (SSSR count). The van der Waals surface area contributed by atoms with E-state index in [1.165, 1.54) is 16.8 Å². The summed E-state index contributed by atoms with van der Waals surface area (Å²) in [5, 5.41) is 3.20. The van der Waals surface area contributed by atoms with E-state index in [1.54, 1.807) is 18.3 Å². The number of aromatic nitrogens is 3. The standard InChI is InChI=1S/C28H25N2O.C18H24NSi.Ir/c1-18(2)19-12-14-29-23(17-19)20-10-11-24-22(16-20)26-25(31-24)13-15-30-27(26)28(3,4)21-8-6-5-7-9-21;1-13(2)16-11-17(15-9-7-14(3)8-10-15)19-12-18(16)20(4,5)6;/h5-9,11-18H,1-4H3;7-9,11-13H,1-6H3;/q2*-1;/i18D;3D3,13D;. The van der Waals surface area contributed by atoms with Crippen molar-refractivity contribution in [2.45, 2.75) is 85.2 Å². The van der Waals surface area contributed by atoms with Crippen molar-refractivity contribution in [1.82, 2.24) is 15.0 Å². The molecule has 0 aliphatic rings. The molecule has 7 aromatic rings. The topological polar surface area (TPSA) is 51.8 Å². The summed E-state index contributed by atoms with van der Waals surface area (Å²) >= 11 is 0. The van der Waals surface area contributed by atoms with E-state index in [-0.39, 0.29) is 31.1 Å². The Morgan fingerprint density at radius 3 is 2.13 bits per heavy atom. The van der Waals surface area contributed by atoms with Gasteiger partial charge < -0.3 is 14.4 Å². The second kappa shape index (κ2) is 15.8. The van der Waals surface area contributed by atoms with E-state index < -0.39 is 26.7 Å². The van der Waals surface area contributed by atoms with E-state index in [1.807, 2.05) is 76.5 Å². The fraction of sp³-hybridized carbons (Fsp3) is 0.283. The maximum absolute atomic E-state index is 8.48. The van der Waals surface area contributed by atoms with Crippen molar-refractivity contribution in [2.24, 2.45) is 0 Å². The molecule has 0 saturated heterocycles. The van der Waals surface area contributed by atoms with Crippen LogP contribution in [-0.4, -0.2) is 23.0 Å². The van der Waals surface area contributed by atoms with Gasteiger partial charge in [-0.15, -0.1) is 59.2 Å². The van der Waals surface area contributed by atoms with Crippen molar-refractivity contribution in [2.75, 3.05) is 0 Å². The van der Waals surface area contributed by atoms with Crippen molar-refractivity contribution >= 4 is 35.2 Å². The first-order valence-corrected chi connectivity index (χ1v) is 20.8. The van der Waals surface area contributed by atoms with Crippen molar-refractivity contribution in [3.63, 3.8) is 0 Å². The second-order valence-corrected chi connectivity index (χ2v) is 20.1. The number of pyridine rings is 3. The van der Waals surface area contributed by atoms with Crippen LogP contribution in [0.25, 0.3) is 44.5 Å². The molecule has 0 unspecified atom stereocenters. The van der Waals surface area contributed by atoms with E-state index in [2.05, 4.69) is 85.9 Å². The molecule has 52 heavy (non-hydrogen) atoms. The predicted octanol–water partition coefficient (Wildman–Crippen LogP) is 11.8. The predicted molar refractivity (Wildman–Crippen MR) is 217 cm³/mol. The van der Waals surface area contributed by atoms with Crippen LogP contribution < -0.4 is 5.19 Å². The maximum atomic E-state index is 8.48. The number of hydrogen-bond acceptors (Lipinski definition) is 4. The number of hydrogen-bond donors (Lipinski definition) is 0. The minimum absolute atomic E-state index is 0. The first-order valence-electron chi connectivity index (χ1n) is 19.8. The molecule has 6 heteroatoms. The SMILES string of the molecule is [2H]C(C)(C)c1ccnc(-c2[c-]cc3oc4ccnc(C(C)(C)c5ccccc5)c4c3c2)c1.[2H]C([2H])([2H])c1c[c-]c(-c2cc(C([2H])(C)C)c([Si](C)(C)C)cn2)cc1.[Ir]. The molecule has 0 atom stereocenters. The zero-order valence-corrected chi connectivity index (χ0v) is 34.8. The number of rotatable bonds is 7. The summed E-state index contributed by atoms with van der Waals surface area (Å²) in [7, 11) is -1.61. The van der Waals surface area contributed by atoms with Crippen LogP contribution in [0.2, 0.25) is 19.6 Å². The van der Waals surface area contributed by atoms with Crippen LogP contribution in [0.15, 0.2) is 108 Å². The van der Waals surface area contributed by atoms with Crippen LogP contribution in [0.1, 0.15) is 88.1 Å². The van der Waals surface area contributed by atoms with Crippen LogP contribution >= 0.6 is 0 Å². The zero-order valence-electron chi connectivity index (χ0n) is 36.4. The van der Waals surface area contributed by atoms with Crippen molar-refractivity contribution in [3.8, 4) is 22.5 Å². The molecule has 1 radical (unpaired) electrons. The van der Waals surface area contributed by atoms with Gasteiger partial charge in [-0.25, -0.2) is 0 Å². The first-order chi connectivity index (χ1) is 26.0. The molecular weight excluding hydrogens is 831 g/mol. The number of fused-ring (bicyclic) bond motifs is 3. The molecule has 4 nitrogen and oxygen atoms in total. The third-order valence-corrected chi connectivity index (χ3v) is 11.4. The quantitative estimate of drug-likeness (QED) is 0.118. The van der Waals surface area contributed by atoms with Gasteiger partial charge in [0.1, 0.15) is 5.58 Å². The molecule has 0 N–H and O–H groups in total. The third-order valence-electron chi connectivity index (χ3n) is 9.35. The molecular formula is C46H49IrN3OSi-2. The Hall–Kier alpha value is -4.22. The molecule has 4 aromatic heterocycles. The van der Waals surface area contributed by atoms with Gasteiger partial charge in [-0.3, -0.25) is 4.98 Å². The molecule has 0 saturated carbocycles. The van der Waals surface area contributed by atoms with E-state index in [0.717, 1.165) is 61.3 Å². The smallest absolute Gasteiger partial charge is 0.124 e. The van der Waals surface area contributed by atoms with Gasteiger partial charge in [0.25, 0.3) is 0 Å². The van der Waals surface area contributed by atoms with Crippen molar-refractivity contribution < 1.29 is 31.4 Å². The van der Waals surface area contributed by atoms with Gasteiger partial charge in [0.15, 0.2) is 0 Å². The summed E-state index contributed by atoms with van der Waals surface area (Å²) in [5.41, 5.74) is 8.78. The largest absolute Gasteiger partial charge is 0.500 e. The van der Waals surface area contributed by atoms with Crippen LogP contribution in [0.5, 0.6) is 0 Å². The summed E-state index contributed by atoms with van der Waals surface area (Å²) in [6.45, 7) is 16.5. The van der Waals surface area contributed by atoms with Crippen molar-refractivity contribution in [1.29, 1.82) is 0 Å². The fourth-order valence-electron chi connectivity index (χ4n) is 6.37. The Morgan fingerprint density at radius 1 is 0.769 bits per heavy atom. The Kier molecular flexibility index (Phi) is 9.85. The van der Waals surface area contributed by atoms with Crippen LogP contribution in [0.4, 0.5) is 0 Å². The Bertz CT molecular complexity index is 2500. The molecule has 0 bridgehead atoms. The van der Waals surface area contributed by atoms with Gasteiger partial charge in [0.2, 0.25) is 0 Å². The van der Waals surface area contributed by atoms with Gasteiger partial charge in [0.05, 0.1) is 19.4 Å². The Morgan fingerprint density at radius 2 is 1.48 bits per heavy atom. The monoisotopic (exact) mass is 885 g/mol. The van der Waals surface area contributed by atoms with Crippen LogP contribution in [0.3, 0.4) is 0 Å². The van der Waals surface area contributed by atoms with Crippen LogP contribution in [-0.2, 0) is 25.5 Å². The van der Waals surface area contributed by atoms with Crippen molar-refractivity contribution in [3.05, 3.63) is 144 Å². The summed E-state index contributed by atoms with van der Waals surface area (Å²) in [6, 6.07) is 33.3. The molecule has 0 aliphatic heterocycles. The zero-order chi connectivity index (χ0) is 40.8.